The average Bonchev–Trinajstić information content (AvgIpc) is 0.761. The van der Waals surface area contributed by atoms with E-state index in [-0.39, 0.29) is 43.3 Å². The second kappa shape index (κ2) is 49.8. The molecular weight excluding hydrogens is 1730 g/mol. The van der Waals surface area contributed by atoms with Gasteiger partial charge in [-0.15, -0.1) is 0 Å². The van der Waals surface area contributed by atoms with Crippen molar-refractivity contribution >= 4 is 0 Å². The Balaban J connectivity index is 0.000000158. The van der Waals surface area contributed by atoms with Gasteiger partial charge in [-0.25, -0.2) is 0 Å². The molecule has 18 aromatic carbocycles. The summed E-state index contributed by atoms with van der Waals surface area (Å²) in [6, 6.07) is 171. The monoisotopic (exact) mass is 1890 g/mol. The first kappa shape index (κ1) is 110. The largest absolute Gasteiger partial charge is 0.0622 e. The molecule has 0 unspecified atom stereocenters. The Morgan fingerprint density at radius 3 is 0.347 bits per heavy atom. The molecule has 0 saturated carbocycles. The molecule has 18 rings (SSSR count). The second-order valence-corrected chi connectivity index (χ2v) is 47.2. The van der Waals surface area contributed by atoms with E-state index in [9.17, 15) is 0 Å². The fourth-order valence-electron chi connectivity index (χ4n) is 16.6. The maximum Gasteiger partial charge on any atom is -0.0132 e. The predicted octanol–water partition coefficient (Wildman–Crippen LogP) is 41.8. The lowest BCUT2D eigenvalue weighted by Crippen LogP contribution is -2.14. The Labute approximate surface area is 870 Å². The van der Waals surface area contributed by atoms with Gasteiger partial charge in [0.25, 0.3) is 0 Å². The van der Waals surface area contributed by atoms with E-state index < -0.39 is 0 Å². The summed E-state index contributed by atoms with van der Waals surface area (Å²) in [4.78, 5) is 0. The summed E-state index contributed by atoms with van der Waals surface area (Å²) in [5.41, 5.74) is 39.9. The van der Waals surface area contributed by atoms with Gasteiger partial charge >= 0.3 is 0 Å². The number of hydrogen-bond donors (Lipinski definition) is 0. The Hall–Kier alpha value is -14.0. The third-order valence-electron chi connectivity index (χ3n) is 26.2. The van der Waals surface area contributed by atoms with E-state index in [2.05, 4.69) is 660 Å². The van der Waals surface area contributed by atoms with Crippen molar-refractivity contribution in [2.45, 2.75) is 236 Å². The first-order valence-electron chi connectivity index (χ1n) is 51.7. The fourth-order valence-corrected chi connectivity index (χ4v) is 16.6. The van der Waals surface area contributed by atoms with E-state index in [0.717, 1.165) is 0 Å². The average molecular weight is 1890 g/mol. The maximum absolute atomic E-state index is 2.31. The molecule has 0 N–H and O–H groups in total. The molecule has 0 radical (unpaired) electrons. The van der Waals surface area contributed by atoms with Gasteiger partial charge in [-0.2, -0.15) is 0 Å². The van der Waals surface area contributed by atoms with Crippen LogP contribution in [0.4, 0.5) is 0 Å². The molecule has 0 nitrogen and oxygen atoms in total. The molecule has 0 saturated heterocycles. The summed E-state index contributed by atoms with van der Waals surface area (Å²) in [5.74, 6) is 0. The summed E-state index contributed by atoms with van der Waals surface area (Å²) >= 11 is 0. The van der Waals surface area contributed by atoms with Crippen LogP contribution < -0.4 is 0 Å². The fraction of sp³-hybridized carbons (Fsp3) is 0.250. The minimum Gasteiger partial charge on any atom is -0.0622 e. The van der Waals surface area contributed by atoms with Crippen LogP contribution in [-0.4, -0.2) is 0 Å². The molecular formula is C144H160. The van der Waals surface area contributed by atoms with Crippen LogP contribution in [0.25, 0.3) is 111 Å². The van der Waals surface area contributed by atoms with Gasteiger partial charge in [0.1, 0.15) is 0 Å². The van der Waals surface area contributed by atoms with Gasteiger partial charge in [0.15, 0.2) is 0 Å². The predicted molar refractivity (Wildman–Crippen MR) is 634 cm³/mol. The summed E-state index contributed by atoms with van der Waals surface area (Å²) in [5, 5.41) is 0. The topological polar surface area (TPSA) is 0 Å². The Bertz CT molecular complexity index is 6810. The lowest BCUT2D eigenvalue weighted by atomic mass is 9.82. The van der Waals surface area contributed by atoms with Crippen molar-refractivity contribution in [3.8, 4) is 111 Å². The van der Waals surface area contributed by atoms with Gasteiger partial charge in [0.05, 0.1) is 0 Å². The molecule has 0 amide bonds. The van der Waals surface area contributed by atoms with Crippen molar-refractivity contribution in [2.75, 3.05) is 0 Å². The maximum atomic E-state index is 2.31. The zero-order chi connectivity index (χ0) is 104. The molecule has 0 aliphatic rings. The number of rotatable bonds is 10. The van der Waals surface area contributed by atoms with Gasteiger partial charge in [0, 0.05) is 0 Å². The van der Waals surface area contributed by atoms with Crippen LogP contribution in [0, 0.1) is 0 Å². The lowest BCUT2D eigenvalue weighted by Gasteiger charge is -2.23. The zero-order valence-corrected chi connectivity index (χ0v) is 91.6. The normalized spacial score (nSPS) is 11.6. The van der Waals surface area contributed by atoms with Crippen LogP contribution in [-0.2, 0) is 48.7 Å². The first-order valence-corrected chi connectivity index (χ1v) is 51.7. The van der Waals surface area contributed by atoms with Crippen molar-refractivity contribution in [2.24, 2.45) is 0 Å². The summed E-state index contributed by atoms with van der Waals surface area (Å²) < 4.78 is 0. The van der Waals surface area contributed by atoms with Gasteiger partial charge in [-0.3, -0.25) is 0 Å². The highest BCUT2D eigenvalue weighted by Gasteiger charge is 2.22. The molecule has 18 aromatic rings. The van der Waals surface area contributed by atoms with Crippen LogP contribution in [0.3, 0.4) is 0 Å². The second-order valence-electron chi connectivity index (χ2n) is 47.2. The van der Waals surface area contributed by atoms with E-state index in [4.69, 9.17) is 0 Å². The Morgan fingerprint density at radius 1 is 0.0764 bits per heavy atom. The van der Waals surface area contributed by atoms with Crippen molar-refractivity contribution in [3.05, 3.63) is 529 Å². The smallest absolute Gasteiger partial charge is 0.0132 e. The molecule has 0 fully saturated rings. The van der Waals surface area contributed by atoms with Crippen LogP contribution >= 0.6 is 0 Å². The standard InChI is InChI=1S/4C22H22.2C16H18.C14H22.C10H14/c1-22(2,3)21-14-8-13-20(16-21)19-12-7-11-18(15-19)17-9-5-4-6-10-17;1-22(2,3)21-14-12-18(13-15-21)20-11-7-10-19(16-20)17-8-5-4-6-9-17;1-22(2,3)21-11-7-10-20(16-21)19-14-12-18(13-15-19)17-8-5-4-6-9-17;1-22(2,3)21-15-13-20(14-16-21)19-11-9-18(10-12-19)17-7-5-4-6-8-17;1-16(2,3)15-11-7-10-14(12-15)13-8-5-4-6-9-13;1-16(2,3)15-11-9-14(10-12-15)13-7-5-4-6-8-13;1-13(2,3)11-7-9-12(10-8-11)14(4,5)6;1-10(2,3)9-7-5-4-6-8-9/h4*4-16H,1-3H3;2*4-12H,1-3H3;7-10H,1-6H3;4-8H,1-3H3. The molecule has 736 valence electrons. The van der Waals surface area contributed by atoms with Crippen LogP contribution in [0.15, 0.2) is 479 Å². The highest BCUT2D eigenvalue weighted by molar-refractivity contribution is 5.77. The molecule has 0 heterocycles. The van der Waals surface area contributed by atoms with Gasteiger partial charge in [-0.1, -0.05) is 654 Å². The number of hydrogen-bond acceptors (Lipinski definition) is 0. The lowest BCUT2D eigenvalue weighted by molar-refractivity contribution is 0.577. The van der Waals surface area contributed by atoms with Gasteiger partial charge in [-0.05, 0) is 222 Å². The zero-order valence-electron chi connectivity index (χ0n) is 91.6. The minimum absolute atomic E-state index is 0.174. The molecule has 0 aromatic heterocycles. The SMILES string of the molecule is CC(C)(C)c1ccc(-c2ccc(-c3ccccc3)cc2)cc1.CC(C)(C)c1ccc(-c2cccc(-c3ccccc3)c2)cc1.CC(C)(C)c1ccc(-c2ccccc2)cc1.CC(C)(C)c1ccc(C(C)(C)C)cc1.CC(C)(C)c1cccc(-c2ccc(-c3ccccc3)cc2)c1.CC(C)(C)c1cccc(-c2cccc(-c3ccccc3)c2)c1.CC(C)(C)c1cccc(-c2ccccc2)c1.CC(C)(C)c1ccccc1. The minimum atomic E-state index is 0.174. The van der Waals surface area contributed by atoms with E-state index in [1.807, 2.05) is 6.07 Å². The summed E-state index contributed by atoms with van der Waals surface area (Å²) in [6.07, 6.45) is 0. The Kier molecular flexibility index (Phi) is 38.1. The van der Waals surface area contributed by atoms with E-state index in [0.29, 0.717) is 5.41 Å². The molecule has 0 heteroatoms. The molecule has 144 heavy (non-hydrogen) atoms. The molecule has 0 aliphatic heterocycles. The third-order valence-corrected chi connectivity index (χ3v) is 26.2. The molecule has 0 aliphatic carbocycles. The molecule has 0 atom stereocenters. The van der Waals surface area contributed by atoms with Crippen molar-refractivity contribution in [1.29, 1.82) is 0 Å². The van der Waals surface area contributed by atoms with Crippen LogP contribution in [0.5, 0.6) is 0 Å². The molecule has 0 spiro atoms. The highest BCUT2D eigenvalue weighted by Crippen LogP contribution is 2.38. The molecule has 0 bridgehead atoms. The Morgan fingerprint density at radius 2 is 0.174 bits per heavy atom. The van der Waals surface area contributed by atoms with E-state index in [1.165, 1.54) is 161 Å². The quantitative estimate of drug-likeness (QED) is 0.128. The third kappa shape index (κ3) is 34.1. The van der Waals surface area contributed by atoms with Crippen molar-refractivity contribution in [3.63, 3.8) is 0 Å². The van der Waals surface area contributed by atoms with Crippen LogP contribution in [0.2, 0.25) is 0 Å². The summed E-state index contributed by atoms with van der Waals surface area (Å²) in [7, 11) is 0. The highest BCUT2D eigenvalue weighted by atomic mass is 14.3. The van der Waals surface area contributed by atoms with Gasteiger partial charge < -0.3 is 0 Å². The van der Waals surface area contributed by atoms with E-state index in [1.54, 1.807) is 0 Å². The van der Waals surface area contributed by atoms with Crippen LogP contribution in [0.1, 0.15) is 237 Å². The number of benzene rings is 18. The van der Waals surface area contributed by atoms with Gasteiger partial charge in [0.2, 0.25) is 0 Å². The first-order chi connectivity index (χ1) is 68.1. The van der Waals surface area contributed by atoms with E-state index >= 15 is 0 Å². The van der Waals surface area contributed by atoms with Crippen molar-refractivity contribution in [1.82, 2.24) is 0 Å². The van der Waals surface area contributed by atoms with Crippen molar-refractivity contribution < 1.29 is 0 Å². The summed E-state index contributed by atoms with van der Waals surface area (Å²) in [6.45, 7) is 60.6.